The Kier molecular flexibility index (Phi) is 6.87. The number of hydrogen-bond acceptors (Lipinski definition) is 4. The number of likely N-dealkylation sites (tertiary alicyclic amines) is 1. The molecule has 7 nitrogen and oxygen atoms in total. The number of benzene rings is 2. The third kappa shape index (κ3) is 6.32. The van der Waals surface area contributed by atoms with E-state index in [4.69, 9.17) is 0 Å². The van der Waals surface area contributed by atoms with Gasteiger partial charge in [0.1, 0.15) is 0 Å². The first-order valence-corrected chi connectivity index (χ1v) is 11.3. The van der Waals surface area contributed by atoms with E-state index in [9.17, 15) is 18.0 Å². The SMILES string of the molecule is O=C(Nc1ccccc1)[C@H]1CCCN(C(=O)CCS(=O)(=O)Nc2ccccc2)C1. The van der Waals surface area contributed by atoms with Crippen molar-refractivity contribution < 1.29 is 18.0 Å². The second-order valence-corrected chi connectivity index (χ2v) is 8.91. The highest BCUT2D eigenvalue weighted by Crippen LogP contribution is 2.20. The maximum Gasteiger partial charge on any atom is 0.233 e. The summed E-state index contributed by atoms with van der Waals surface area (Å²) < 4.78 is 26.9. The van der Waals surface area contributed by atoms with Crippen molar-refractivity contribution in [3.05, 3.63) is 60.7 Å². The fourth-order valence-corrected chi connectivity index (χ4v) is 4.34. The Hall–Kier alpha value is -2.87. The Morgan fingerprint density at radius 3 is 2.24 bits per heavy atom. The Labute approximate surface area is 171 Å². The number of piperidine rings is 1. The fourth-order valence-electron chi connectivity index (χ4n) is 3.30. The molecule has 1 saturated heterocycles. The van der Waals surface area contributed by atoms with E-state index in [0.717, 1.165) is 5.69 Å². The molecule has 1 atom stereocenters. The van der Waals surface area contributed by atoms with Crippen LogP contribution >= 0.6 is 0 Å². The zero-order valence-electron chi connectivity index (χ0n) is 16.1. The van der Waals surface area contributed by atoms with Gasteiger partial charge in [0.2, 0.25) is 21.8 Å². The van der Waals surface area contributed by atoms with E-state index in [2.05, 4.69) is 10.0 Å². The minimum absolute atomic E-state index is 0.116. The molecule has 1 heterocycles. The summed E-state index contributed by atoms with van der Waals surface area (Å²) in [7, 11) is -3.62. The number of anilines is 2. The normalized spacial score (nSPS) is 16.8. The van der Waals surface area contributed by atoms with Crippen molar-refractivity contribution >= 4 is 33.2 Å². The molecule has 1 aliphatic heterocycles. The summed E-state index contributed by atoms with van der Waals surface area (Å²) in [5.41, 5.74) is 1.19. The molecule has 0 bridgehead atoms. The molecule has 154 valence electrons. The molecule has 2 aromatic rings. The van der Waals surface area contributed by atoms with E-state index in [1.54, 1.807) is 35.2 Å². The molecule has 8 heteroatoms. The average Bonchev–Trinajstić information content (AvgIpc) is 2.73. The second-order valence-electron chi connectivity index (χ2n) is 7.07. The van der Waals surface area contributed by atoms with Crippen LogP contribution in [0.5, 0.6) is 0 Å². The first kappa shape index (κ1) is 20.9. The minimum Gasteiger partial charge on any atom is -0.342 e. The van der Waals surface area contributed by atoms with Crippen molar-refractivity contribution in [2.45, 2.75) is 19.3 Å². The van der Waals surface area contributed by atoms with Gasteiger partial charge in [-0.1, -0.05) is 36.4 Å². The standard InChI is InChI=1S/C21H25N3O4S/c25-20(13-15-29(27,28)23-19-11-5-2-6-12-19)24-14-7-8-17(16-24)21(26)22-18-9-3-1-4-10-18/h1-6,9-12,17,23H,7-8,13-16H2,(H,22,26)/t17-/m0/s1. The second kappa shape index (κ2) is 9.56. The predicted octanol–water partition coefficient (Wildman–Crippen LogP) is 2.70. The zero-order valence-corrected chi connectivity index (χ0v) is 16.9. The van der Waals surface area contributed by atoms with Crippen molar-refractivity contribution in [3.8, 4) is 0 Å². The molecule has 0 aromatic heterocycles. The Morgan fingerprint density at radius 1 is 0.966 bits per heavy atom. The number of hydrogen-bond donors (Lipinski definition) is 2. The molecule has 0 radical (unpaired) electrons. The van der Waals surface area contributed by atoms with Gasteiger partial charge in [-0.2, -0.15) is 0 Å². The van der Waals surface area contributed by atoms with Crippen LogP contribution in [0.1, 0.15) is 19.3 Å². The van der Waals surface area contributed by atoms with Crippen molar-refractivity contribution in [1.29, 1.82) is 0 Å². The number of nitrogens with zero attached hydrogens (tertiary/aromatic N) is 1. The van der Waals surface area contributed by atoms with Gasteiger partial charge >= 0.3 is 0 Å². The van der Waals surface area contributed by atoms with Crippen molar-refractivity contribution in [3.63, 3.8) is 0 Å². The predicted molar refractivity (Wildman–Crippen MR) is 113 cm³/mol. The maximum atomic E-state index is 12.5. The first-order valence-electron chi connectivity index (χ1n) is 9.62. The highest BCUT2D eigenvalue weighted by Gasteiger charge is 2.29. The quantitative estimate of drug-likeness (QED) is 0.727. The summed E-state index contributed by atoms with van der Waals surface area (Å²) in [6.07, 6.45) is 1.30. The highest BCUT2D eigenvalue weighted by molar-refractivity contribution is 7.92. The molecular weight excluding hydrogens is 390 g/mol. The van der Waals surface area contributed by atoms with Gasteiger partial charge in [-0.25, -0.2) is 8.42 Å². The number of para-hydroxylation sites is 2. The van der Waals surface area contributed by atoms with E-state index >= 15 is 0 Å². The summed E-state index contributed by atoms with van der Waals surface area (Å²) in [6, 6.07) is 17.8. The van der Waals surface area contributed by atoms with Crippen molar-refractivity contribution in [1.82, 2.24) is 4.90 Å². The van der Waals surface area contributed by atoms with Gasteiger partial charge in [0, 0.05) is 30.9 Å². The maximum absolute atomic E-state index is 12.5. The van der Waals surface area contributed by atoms with Crippen LogP contribution in [0.3, 0.4) is 0 Å². The van der Waals surface area contributed by atoms with E-state index in [-0.39, 0.29) is 29.9 Å². The summed E-state index contributed by atoms with van der Waals surface area (Å²) in [6.45, 7) is 0.851. The molecule has 1 fully saturated rings. The van der Waals surface area contributed by atoms with Gasteiger partial charge in [0.05, 0.1) is 11.7 Å². The largest absolute Gasteiger partial charge is 0.342 e. The molecular formula is C21H25N3O4S. The van der Waals surface area contributed by atoms with Gasteiger partial charge < -0.3 is 10.2 Å². The monoisotopic (exact) mass is 415 g/mol. The summed E-state index contributed by atoms with van der Waals surface area (Å²) in [5, 5.41) is 2.87. The number of carbonyl (C=O) groups excluding carboxylic acids is 2. The van der Waals surface area contributed by atoms with E-state index in [0.29, 0.717) is 31.6 Å². The summed E-state index contributed by atoms with van der Waals surface area (Å²) in [5.74, 6) is -0.961. The highest BCUT2D eigenvalue weighted by atomic mass is 32.2. The van der Waals surface area contributed by atoms with E-state index in [1.165, 1.54) is 0 Å². The van der Waals surface area contributed by atoms with Crippen LogP contribution < -0.4 is 10.0 Å². The van der Waals surface area contributed by atoms with E-state index < -0.39 is 10.0 Å². The van der Waals surface area contributed by atoms with Crippen LogP contribution in [0.4, 0.5) is 11.4 Å². The fraction of sp³-hybridized carbons (Fsp3) is 0.333. The molecule has 29 heavy (non-hydrogen) atoms. The molecule has 3 rings (SSSR count). The molecule has 2 aromatic carbocycles. The van der Waals surface area contributed by atoms with Crippen LogP contribution in [0.2, 0.25) is 0 Å². The van der Waals surface area contributed by atoms with Crippen LogP contribution in [0, 0.1) is 5.92 Å². The third-order valence-corrected chi connectivity index (χ3v) is 6.11. The van der Waals surface area contributed by atoms with Crippen LogP contribution in [-0.2, 0) is 19.6 Å². The van der Waals surface area contributed by atoms with Gasteiger partial charge in [0.15, 0.2) is 0 Å². The molecule has 0 unspecified atom stereocenters. The smallest absolute Gasteiger partial charge is 0.233 e. The number of carbonyl (C=O) groups is 2. The van der Waals surface area contributed by atoms with E-state index in [1.807, 2.05) is 30.3 Å². The van der Waals surface area contributed by atoms with Crippen LogP contribution in [0.25, 0.3) is 0 Å². The third-order valence-electron chi connectivity index (χ3n) is 4.82. The van der Waals surface area contributed by atoms with Crippen molar-refractivity contribution in [2.75, 3.05) is 28.9 Å². The molecule has 0 spiro atoms. The Balaban J connectivity index is 1.51. The summed E-state index contributed by atoms with van der Waals surface area (Å²) >= 11 is 0. The van der Waals surface area contributed by atoms with Crippen molar-refractivity contribution in [2.24, 2.45) is 5.92 Å². The van der Waals surface area contributed by atoms with Crippen LogP contribution in [0.15, 0.2) is 60.7 Å². The lowest BCUT2D eigenvalue weighted by Gasteiger charge is -2.32. The van der Waals surface area contributed by atoms with Gasteiger partial charge in [-0.15, -0.1) is 0 Å². The average molecular weight is 416 g/mol. The molecule has 2 N–H and O–H groups in total. The topological polar surface area (TPSA) is 95.6 Å². The lowest BCUT2D eigenvalue weighted by molar-refractivity contribution is -0.134. The van der Waals surface area contributed by atoms with Gasteiger partial charge in [-0.05, 0) is 37.1 Å². The molecule has 2 amide bonds. The number of amides is 2. The van der Waals surface area contributed by atoms with Gasteiger partial charge in [0.25, 0.3) is 0 Å². The number of sulfonamides is 1. The van der Waals surface area contributed by atoms with Gasteiger partial charge in [-0.3, -0.25) is 14.3 Å². The number of rotatable bonds is 7. The zero-order chi connectivity index (χ0) is 20.7. The number of nitrogens with one attached hydrogen (secondary N) is 2. The Bertz CT molecular complexity index is 933. The lowest BCUT2D eigenvalue weighted by atomic mass is 9.96. The molecule has 1 aliphatic rings. The molecule has 0 saturated carbocycles. The Morgan fingerprint density at radius 2 is 1.59 bits per heavy atom. The first-order chi connectivity index (χ1) is 13.9. The van der Waals surface area contributed by atoms with Crippen LogP contribution in [-0.4, -0.2) is 44.0 Å². The lowest BCUT2D eigenvalue weighted by Crippen LogP contribution is -2.44. The summed E-state index contributed by atoms with van der Waals surface area (Å²) in [4.78, 5) is 26.6. The molecule has 0 aliphatic carbocycles. The minimum atomic E-state index is -3.62.